The normalized spacial score (nSPS) is 34.5. The number of hydrogen-bond acceptors (Lipinski definition) is 4. The summed E-state index contributed by atoms with van der Waals surface area (Å²) in [6.07, 6.45) is 2.33. The molecule has 0 saturated carbocycles. The Bertz CT molecular complexity index is 354. The summed E-state index contributed by atoms with van der Waals surface area (Å²) in [4.78, 5) is 12.3. The van der Waals surface area contributed by atoms with E-state index in [4.69, 9.17) is 9.47 Å². The molecule has 2 aliphatic rings. The second-order valence-electron chi connectivity index (χ2n) is 7.31. The molecule has 2 heterocycles. The van der Waals surface area contributed by atoms with Gasteiger partial charge in [-0.05, 0) is 25.2 Å². The van der Waals surface area contributed by atoms with E-state index in [9.17, 15) is 4.79 Å². The molecule has 2 N–H and O–H groups in total. The first-order chi connectivity index (χ1) is 9.89. The number of nitrogens with one attached hydrogen (secondary N) is 2. The molecule has 2 aliphatic heterocycles. The molecule has 2 fully saturated rings. The van der Waals surface area contributed by atoms with Crippen molar-refractivity contribution in [3.63, 3.8) is 0 Å². The van der Waals surface area contributed by atoms with Crippen LogP contribution in [0.4, 0.5) is 0 Å². The maximum absolute atomic E-state index is 12.3. The van der Waals surface area contributed by atoms with Gasteiger partial charge in [0.2, 0.25) is 5.91 Å². The van der Waals surface area contributed by atoms with E-state index in [-0.39, 0.29) is 29.6 Å². The highest BCUT2D eigenvalue weighted by atomic mass is 16.5. The van der Waals surface area contributed by atoms with Crippen molar-refractivity contribution in [3.05, 3.63) is 0 Å². The zero-order valence-electron chi connectivity index (χ0n) is 13.8. The Labute approximate surface area is 128 Å². The fourth-order valence-electron chi connectivity index (χ4n) is 3.38. The molecule has 0 aliphatic carbocycles. The topological polar surface area (TPSA) is 59.6 Å². The minimum absolute atomic E-state index is 0.0421. The number of hydrogen-bond donors (Lipinski definition) is 2. The molecule has 0 radical (unpaired) electrons. The third-order valence-corrected chi connectivity index (χ3v) is 4.44. The van der Waals surface area contributed by atoms with Crippen LogP contribution in [0.5, 0.6) is 0 Å². The second-order valence-corrected chi connectivity index (χ2v) is 7.31. The van der Waals surface area contributed by atoms with Crippen LogP contribution in [-0.4, -0.2) is 50.5 Å². The number of carbonyl (C=O) groups excluding carboxylic acids is 1. The van der Waals surface area contributed by atoms with E-state index in [1.807, 2.05) is 6.92 Å². The Morgan fingerprint density at radius 2 is 2.05 bits per heavy atom. The van der Waals surface area contributed by atoms with Crippen LogP contribution in [0, 0.1) is 11.3 Å². The van der Waals surface area contributed by atoms with Gasteiger partial charge in [0.1, 0.15) is 6.04 Å². The highest BCUT2D eigenvalue weighted by Gasteiger charge is 2.36. The van der Waals surface area contributed by atoms with E-state index in [1.54, 1.807) is 0 Å². The van der Waals surface area contributed by atoms with Crippen molar-refractivity contribution in [2.24, 2.45) is 11.3 Å². The zero-order chi connectivity index (χ0) is 15.5. The van der Waals surface area contributed by atoms with Crippen molar-refractivity contribution in [1.82, 2.24) is 10.6 Å². The van der Waals surface area contributed by atoms with Crippen molar-refractivity contribution in [3.8, 4) is 0 Å². The molecule has 2 rings (SSSR count). The molecule has 122 valence electrons. The van der Waals surface area contributed by atoms with Gasteiger partial charge < -0.3 is 20.1 Å². The highest BCUT2D eigenvalue weighted by Crippen LogP contribution is 2.33. The zero-order valence-corrected chi connectivity index (χ0v) is 13.8. The lowest BCUT2D eigenvalue weighted by atomic mass is 9.78. The van der Waals surface area contributed by atoms with Crippen LogP contribution in [-0.2, 0) is 14.3 Å². The number of rotatable bonds is 3. The van der Waals surface area contributed by atoms with Crippen LogP contribution < -0.4 is 10.6 Å². The maximum atomic E-state index is 12.3. The smallest absolute Gasteiger partial charge is 0.239 e. The number of carbonyl (C=O) groups is 1. The molecule has 0 spiro atoms. The third-order valence-electron chi connectivity index (χ3n) is 4.44. The molecule has 2 saturated heterocycles. The quantitative estimate of drug-likeness (QED) is 0.825. The van der Waals surface area contributed by atoms with Gasteiger partial charge in [0, 0.05) is 25.6 Å². The van der Waals surface area contributed by atoms with Gasteiger partial charge in [-0.25, -0.2) is 0 Å². The molecule has 1 amide bonds. The lowest BCUT2D eigenvalue weighted by Gasteiger charge is -2.40. The van der Waals surface area contributed by atoms with Gasteiger partial charge >= 0.3 is 0 Å². The van der Waals surface area contributed by atoms with Crippen LogP contribution in [0.1, 0.15) is 40.5 Å². The molecular weight excluding hydrogens is 268 g/mol. The van der Waals surface area contributed by atoms with Crippen molar-refractivity contribution in [2.45, 2.75) is 58.8 Å². The van der Waals surface area contributed by atoms with Crippen molar-refractivity contribution in [2.75, 3.05) is 26.3 Å². The fourth-order valence-corrected chi connectivity index (χ4v) is 3.38. The molecular formula is C16H30N2O3. The van der Waals surface area contributed by atoms with Gasteiger partial charge in [-0.15, -0.1) is 0 Å². The van der Waals surface area contributed by atoms with Gasteiger partial charge in [-0.3, -0.25) is 4.79 Å². The van der Waals surface area contributed by atoms with Gasteiger partial charge in [0.15, 0.2) is 0 Å². The Balaban J connectivity index is 1.87. The summed E-state index contributed by atoms with van der Waals surface area (Å²) in [6.45, 7) is 11.5. The van der Waals surface area contributed by atoms with Crippen molar-refractivity contribution in [1.29, 1.82) is 0 Å². The fraction of sp³-hybridized carbons (Fsp3) is 0.938. The Morgan fingerprint density at radius 3 is 2.71 bits per heavy atom. The summed E-state index contributed by atoms with van der Waals surface area (Å²) in [5.41, 5.74) is 0.106. The second kappa shape index (κ2) is 7.07. The first-order valence-electron chi connectivity index (χ1n) is 8.14. The van der Waals surface area contributed by atoms with Crippen molar-refractivity contribution >= 4 is 5.91 Å². The SMILES string of the molecule is C[C@H]1OCCN[C@@H]1C(=O)NCC1CCCOC1C(C)(C)C. The Morgan fingerprint density at radius 1 is 1.29 bits per heavy atom. The van der Waals surface area contributed by atoms with E-state index >= 15 is 0 Å². The predicted octanol–water partition coefficient (Wildman–Crippen LogP) is 1.32. The van der Waals surface area contributed by atoms with E-state index in [1.165, 1.54) is 0 Å². The van der Waals surface area contributed by atoms with Crippen LogP contribution in [0.25, 0.3) is 0 Å². The Hall–Kier alpha value is -0.650. The van der Waals surface area contributed by atoms with E-state index in [0.29, 0.717) is 19.1 Å². The summed E-state index contributed by atoms with van der Waals surface area (Å²) in [5, 5.41) is 6.32. The van der Waals surface area contributed by atoms with Gasteiger partial charge in [-0.2, -0.15) is 0 Å². The largest absolute Gasteiger partial charge is 0.377 e. The van der Waals surface area contributed by atoms with Gasteiger partial charge in [-0.1, -0.05) is 20.8 Å². The van der Waals surface area contributed by atoms with E-state index in [0.717, 1.165) is 26.0 Å². The van der Waals surface area contributed by atoms with Crippen LogP contribution in [0.15, 0.2) is 0 Å². The first-order valence-corrected chi connectivity index (χ1v) is 8.14. The number of morpholine rings is 1. The standard InChI is InChI=1S/C16H30N2O3/c1-11-13(17-7-9-20-11)15(19)18-10-12-6-5-8-21-14(12)16(2,3)4/h11-14,17H,5-10H2,1-4H3,(H,18,19)/t11-,12?,13+,14?/m1/s1. The van der Waals surface area contributed by atoms with E-state index in [2.05, 4.69) is 31.4 Å². The molecule has 5 heteroatoms. The maximum Gasteiger partial charge on any atom is 0.239 e. The molecule has 21 heavy (non-hydrogen) atoms. The van der Waals surface area contributed by atoms with Crippen molar-refractivity contribution < 1.29 is 14.3 Å². The predicted molar refractivity (Wildman–Crippen MR) is 82.1 cm³/mol. The lowest BCUT2D eigenvalue weighted by Crippen LogP contribution is -2.56. The van der Waals surface area contributed by atoms with Crippen LogP contribution >= 0.6 is 0 Å². The third kappa shape index (κ3) is 4.41. The van der Waals surface area contributed by atoms with Crippen LogP contribution in [0.2, 0.25) is 0 Å². The minimum atomic E-state index is -0.239. The molecule has 4 atom stereocenters. The molecule has 0 bridgehead atoms. The highest BCUT2D eigenvalue weighted by molar-refractivity contribution is 5.82. The summed E-state index contributed by atoms with van der Waals surface area (Å²) in [5.74, 6) is 0.433. The molecule has 2 unspecified atom stereocenters. The summed E-state index contributed by atoms with van der Waals surface area (Å²) in [7, 11) is 0. The molecule has 5 nitrogen and oxygen atoms in total. The monoisotopic (exact) mass is 298 g/mol. The summed E-state index contributed by atoms with van der Waals surface area (Å²) >= 11 is 0. The lowest BCUT2D eigenvalue weighted by molar-refractivity contribution is -0.130. The van der Waals surface area contributed by atoms with E-state index < -0.39 is 0 Å². The molecule has 0 aromatic carbocycles. The first kappa shape index (κ1) is 16.7. The van der Waals surface area contributed by atoms with Gasteiger partial charge in [0.05, 0.1) is 18.8 Å². The van der Waals surface area contributed by atoms with Gasteiger partial charge in [0.25, 0.3) is 0 Å². The number of amides is 1. The summed E-state index contributed by atoms with van der Waals surface area (Å²) in [6, 6.07) is -0.239. The summed E-state index contributed by atoms with van der Waals surface area (Å²) < 4.78 is 11.5. The Kier molecular flexibility index (Phi) is 5.63. The molecule has 0 aromatic heterocycles. The number of ether oxygens (including phenoxy) is 2. The minimum Gasteiger partial charge on any atom is -0.377 e. The molecule has 0 aromatic rings. The average Bonchev–Trinajstić information content (AvgIpc) is 2.44. The average molecular weight is 298 g/mol. The van der Waals surface area contributed by atoms with Crippen LogP contribution in [0.3, 0.4) is 0 Å².